The fourth-order valence-corrected chi connectivity index (χ4v) is 4.79. The molecule has 3 fully saturated rings. The fraction of sp³-hybridized carbons (Fsp3) is 0.636. The van der Waals surface area contributed by atoms with Crippen molar-refractivity contribution in [2.24, 2.45) is 5.92 Å². The van der Waals surface area contributed by atoms with Gasteiger partial charge in [0, 0.05) is 50.5 Å². The number of amides is 1. The van der Waals surface area contributed by atoms with Gasteiger partial charge in [-0.3, -0.25) is 4.79 Å². The van der Waals surface area contributed by atoms with Gasteiger partial charge in [0.05, 0.1) is 17.7 Å². The summed E-state index contributed by atoms with van der Waals surface area (Å²) >= 11 is 0. The number of hydrogen-bond donors (Lipinski definition) is 2. The third-order valence-electron chi connectivity index (χ3n) is 6.49. The summed E-state index contributed by atoms with van der Waals surface area (Å²) in [5, 5.41) is 16.2. The van der Waals surface area contributed by atoms with Crippen LogP contribution in [0.25, 0.3) is 0 Å². The van der Waals surface area contributed by atoms with Crippen LogP contribution < -0.4 is 15.5 Å². The predicted molar refractivity (Wildman–Crippen MR) is 110 cm³/mol. The summed E-state index contributed by atoms with van der Waals surface area (Å²) in [5.74, 6) is 0.935. The number of anilines is 1. The van der Waals surface area contributed by atoms with Gasteiger partial charge in [0.25, 0.3) is 0 Å². The molecule has 0 saturated carbocycles. The Hall–Kier alpha value is -2.10. The van der Waals surface area contributed by atoms with E-state index >= 15 is 0 Å². The third-order valence-corrected chi connectivity index (χ3v) is 6.49. The van der Waals surface area contributed by atoms with Crippen LogP contribution in [0.1, 0.15) is 38.2 Å². The van der Waals surface area contributed by atoms with Gasteiger partial charge in [-0.25, -0.2) is 0 Å². The molecule has 0 spiro atoms. The lowest BCUT2D eigenvalue weighted by atomic mass is 10.0. The molecule has 6 nitrogen and oxygen atoms in total. The van der Waals surface area contributed by atoms with Gasteiger partial charge in [-0.2, -0.15) is 5.26 Å². The molecule has 3 atom stereocenters. The smallest absolute Gasteiger partial charge is 0.239 e. The number of likely N-dealkylation sites (tertiary alicyclic amines) is 1. The second kappa shape index (κ2) is 8.50. The lowest BCUT2D eigenvalue weighted by molar-refractivity contribution is -0.132. The van der Waals surface area contributed by atoms with E-state index in [1.807, 2.05) is 29.2 Å². The Morgan fingerprint density at radius 1 is 1.14 bits per heavy atom. The van der Waals surface area contributed by atoms with Gasteiger partial charge in [0.1, 0.15) is 0 Å². The first-order valence-corrected chi connectivity index (χ1v) is 10.7. The number of hydrogen-bond acceptors (Lipinski definition) is 5. The van der Waals surface area contributed by atoms with E-state index in [-0.39, 0.29) is 6.04 Å². The van der Waals surface area contributed by atoms with Gasteiger partial charge in [-0.15, -0.1) is 0 Å². The van der Waals surface area contributed by atoms with Gasteiger partial charge < -0.3 is 20.4 Å². The number of rotatable bonds is 4. The first kappa shape index (κ1) is 19.2. The Labute approximate surface area is 167 Å². The van der Waals surface area contributed by atoms with Crippen molar-refractivity contribution in [3.63, 3.8) is 0 Å². The monoisotopic (exact) mass is 381 g/mol. The van der Waals surface area contributed by atoms with E-state index in [1.54, 1.807) is 0 Å². The maximum atomic E-state index is 12.7. The summed E-state index contributed by atoms with van der Waals surface area (Å²) in [7, 11) is 0. The van der Waals surface area contributed by atoms with E-state index in [0.717, 1.165) is 58.4 Å². The predicted octanol–water partition coefficient (Wildman–Crippen LogP) is 1.72. The van der Waals surface area contributed by atoms with E-state index in [0.29, 0.717) is 29.5 Å². The number of piperidine rings is 1. The van der Waals surface area contributed by atoms with Crippen LogP contribution in [0, 0.1) is 17.2 Å². The van der Waals surface area contributed by atoms with Crippen LogP contribution in [0.15, 0.2) is 24.3 Å². The number of nitriles is 1. The Kier molecular flexibility index (Phi) is 5.84. The van der Waals surface area contributed by atoms with Crippen molar-refractivity contribution in [2.45, 2.75) is 50.7 Å². The van der Waals surface area contributed by atoms with E-state index in [9.17, 15) is 4.79 Å². The minimum Gasteiger partial charge on any atom is -0.371 e. The molecule has 4 rings (SSSR count). The van der Waals surface area contributed by atoms with Crippen LogP contribution in [0.5, 0.6) is 0 Å². The highest BCUT2D eigenvalue weighted by atomic mass is 16.2. The molecule has 0 bridgehead atoms. The van der Waals surface area contributed by atoms with Crippen LogP contribution in [-0.2, 0) is 4.79 Å². The zero-order valence-electron chi connectivity index (χ0n) is 16.7. The van der Waals surface area contributed by atoms with Crippen molar-refractivity contribution in [1.29, 1.82) is 5.26 Å². The molecule has 1 amide bonds. The molecule has 3 heterocycles. The largest absolute Gasteiger partial charge is 0.371 e. The van der Waals surface area contributed by atoms with Gasteiger partial charge in [0.15, 0.2) is 0 Å². The molecule has 28 heavy (non-hydrogen) atoms. The molecule has 2 N–H and O–H groups in total. The highest BCUT2D eigenvalue weighted by Gasteiger charge is 2.35. The molecule has 6 heteroatoms. The normalized spacial score (nSPS) is 28.5. The summed E-state index contributed by atoms with van der Waals surface area (Å²) < 4.78 is 0. The number of nitrogens with one attached hydrogen (secondary N) is 2. The average Bonchev–Trinajstić information content (AvgIpc) is 3.37. The van der Waals surface area contributed by atoms with E-state index in [2.05, 4.69) is 28.5 Å². The molecule has 150 valence electrons. The Balaban J connectivity index is 1.22. The summed E-state index contributed by atoms with van der Waals surface area (Å²) in [6.45, 7) is 7.00. The van der Waals surface area contributed by atoms with Crippen LogP contribution in [0.3, 0.4) is 0 Å². The third kappa shape index (κ3) is 4.31. The molecule has 0 aromatic heterocycles. The van der Waals surface area contributed by atoms with E-state index < -0.39 is 0 Å². The Bertz CT molecular complexity index is 719. The standard InChI is InChI=1S/C22H31N5O/c1-16-6-9-27(15-16)22(28)21-12-19(14-24-21)25-18-7-10-26(11-8-18)20-4-2-17(13-23)3-5-20/h2-5,16,18-19,21,24-25H,6-12,14-15H2,1H3/t16?,19-,21-/m0/s1. The molecule has 0 radical (unpaired) electrons. The molecule has 0 aliphatic carbocycles. The van der Waals surface area contributed by atoms with Crippen molar-refractivity contribution in [3.05, 3.63) is 29.8 Å². The van der Waals surface area contributed by atoms with Gasteiger partial charge in [-0.05, 0) is 55.9 Å². The van der Waals surface area contributed by atoms with Crippen molar-refractivity contribution >= 4 is 11.6 Å². The second-order valence-electron chi connectivity index (χ2n) is 8.66. The summed E-state index contributed by atoms with van der Waals surface area (Å²) in [6, 6.07) is 10.9. The fourth-order valence-electron chi connectivity index (χ4n) is 4.79. The Morgan fingerprint density at radius 3 is 2.54 bits per heavy atom. The summed E-state index contributed by atoms with van der Waals surface area (Å²) in [4.78, 5) is 17.1. The first-order chi connectivity index (χ1) is 13.6. The SMILES string of the molecule is CC1CCN(C(=O)[C@@H]2C[C@H](NC3CCN(c4ccc(C#N)cc4)CC3)CN2)C1. The zero-order chi connectivity index (χ0) is 19.5. The molecule has 1 aromatic rings. The maximum absolute atomic E-state index is 12.7. The highest BCUT2D eigenvalue weighted by molar-refractivity contribution is 5.82. The molecule has 1 aromatic carbocycles. The molecule has 3 aliphatic heterocycles. The van der Waals surface area contributed by atoms with Gasteiger partial charge in [0.2, 0.25) is 5.91 Å². The Morgan fingerprint density at radius 2 is 1.89 bits per heavy atom. The number of carbonyl (C=O) groups is 1. The van der Waals surface area contributed by atoms with Crippen LogP contribution in [-0.4, -0.2) is 61.7 Å². The van der Waals surface area contributed by atoms with Crippen molar-refractivity contribution in [2.75, 3.05) is 37.6 Å². The highest BCUT2D eigenvalue weighted by Crippen LogP contribution is 2.22. The van der Waals surface area contributed by atoms with Crippen LogP contribution >= 0.6 is 0 Å². The van der Waals surface area contributed by atoms with Gasteiger partial charge in [-0.1, -0.05) is 6.92 Å². The van der Waals surface area contributed by atoms with Gasteiger partial charge >= 0.3 is 0 Å². The molecule has 3 saturated heterocycles. The minimum atomic E-state index is -0.0125. The maximum Gasteiger partial charge on any atom is 0.239 e. The van der Waals surface area contributed by atoms with Crippen LogP contribution in [0.2, 0.25) is 0 Å². The quantitative estimate of drug-likeness (QED) is 0.831. The lowest BCUT2D eigenvalue weighted by Gasteiger charge is -2.35. The molecule has 3 aliphatic rings. The minimum absolute atomic E-state index is 0.0125. The average molecular weight is 382 g/mol. The molecular formula is C22H31N5O. The molecular weight excluding hydrogens is 350 g/mol. The second-order valence-corrected chi connectivity index (χ2v) is 8.66. The van der Waals surface area contributed by atoms with Crippen LogP contribution in [0.4, 0.5) is 5.69 Å². The van der Waals surface area contributed by atoms with E-state index in [1.165, 1.54) is 5.69 Å². The first-order valence-electron chi connectivity index (χ1n) is 10.7. The summed E-state index contributed by atoms with van der Waals surface area (Å²) in [5.41, 5.74) is 1.91. The summed E-state index contributed by atoms with van der Waals surface area (Å²) in [6.07, 6.45) is 4.26. The van der Waals surface area contributed by atoms with Crippen molar-refractivity contribution in [1.82, 2.24) is 15.5 Å². The topological polar surface area (TPSA) is 71.4 Å². The lowest BCUT2D eigenvalue weighted by Crippen LogP contribution is -2.47. The zero-order valence-corrected chi connectivity index (χ0v) is 16.7. The number of nitrogens with zero attached hydrogens (tertiary/aromatic N) is 3. The number of benzene rings is 1. The van der Waals surface area contributed by atoms with E-state index in [4.69, 9.17) is 5.26 Å². The molecule has 1 unspecified atom stereocenters. The van der Waals surface area contributed by atoms with Crippen molar-refractivity contribution < 1.29 is 4.79 Å². The number of carbonyl (C=O) groups excluding carboxylic acids is 1. The van der Waals surface area contributed by atoms with Crippen molar-refractivity contribution in [3.8, 4) is 6.07 Å².